The summed E-state index contributed by atoms with van der Waals surface area (Å²) in [6.07, 6.45) is -1.64. The molecule has 0 aliphatic carbocycles. The highest BCUT2D eigenvalue weighted by Gasteiger charge is 2.29. The van der Waals surface area contributed by atoms with Crippen molar-refractivity contribution in [1.82, 2.24) is 0 Å². The standard InChI is InChI=1S/C7H11O9P/c8-5(9)2-1-4(3-6(10)11)7(12)16-17(13,14)15/h4H,1-3H2,(H,8,9)(H,10,11)(H2,13,14,15). The molecule has 0 aromatic rings. The summed E-state index contributed by atoms with van der Waals surface area (Å²) in [4.78, 5) is 48.5. The molecule has 0 fully saturated rings. The van der Waals surface area contributed by atoms with E-state index in [0.29, 0.717) is 0 Å². The third-order valence-corrected chi connectivity index (χ3v) is 2.09. The minimum atomic E-state index is -5.06. The Hall–Kier alpha value is -1.44. The van der Waals surface area contributed by atoms with E-state index < -0.39 is 44.5 Å². The minimum Gasteiger partial charge on any atom is -0.481 e. The monoisotopic (exact) mass is 270 g/mol. The Bertz CT molecular complexity index is 356. The van der Waals surface area contributed by atoms with E-state index in [4.69, 9.17) is 20.0 Å². The van der Waals surface area contributed by atoms with Crippen molar-refractivity contribution in [3.63, 3.8) is 0 Å². The lowest BCUT2D eigenvalue weighted by Gasteiger charge is -2.13. The predicted octanol–water partition coefficient (Wildman–Crippen LogP) is -0.422. The Morgan fingerprint density at radius 2 is 1.65 bits per heavy atom. The predicted molar refractivity (Wildman–Crippen MR) is 50.7 cm³/mol. The van der Waals surface area contributed by atoms with Gasteiger partial charge in [0.05, 0.1) is 12.3 Å². The van der Waals surface area contributed by atoms with Gasteiger partial charge in [-0.05, 0) is 6.42 Å². The molecule has 0 bridgehead atoms. The number of hydrogen-bond donors (Lipinski definition) is 4. The van der Waals surface area contributed by atoms with Crippen LogP contribution in [0.4, 0.5) is 0 Å². The molecule has 4 N–H and O–H groups in total. The highest BCUT2D eigenvalue weighted by atomic mass is 31.2. The maximum atomic E-state index is 11.1. The van der Waals surface area contributed by atoms with Crippen LogP contribution in [0.5, 0.6) is 0 Å². The van der Waals surface area contributed by atoms with Gasteiger partial charge in [0.25, 0.3) is 0 Å². The molecule has 98 valence electrons. The fourth-order valence-electron chi connectivity index (χ4n) is 1.00. The van der Waals surface area contributed by atoms with Crippen LogP contribution in [0, 0.1) is 5.92 Å². The summed E-state index contributed by atoms with van der Waals surface area (Å²) in [5, 5.41) is 16.8. The van der Waals surface area contributed by atoms with Gasteiger partial charge in [-0.3, -0.25) is 24.2 Å². The van der Waals surface area contributed by atoms with Gasteiger partial charge in [0.1, 0.15) is 0 Å². The van der Waals surface area contributed by atoms with Crippen LogP contribution in [0.25, 0.3) is 0 Å². The number of aliphatic carboxylic acids is 2. The summed E-state index contributed by atoms with van der Waals surface area (Å²) in [5.74, 6) is -5.49. The first-order valence-corrected chi connectivity index (χ1v) is 5.87. The second-order valence-corrected chi connectivity index (χ2v) is 4.29. The number of carbonyl (C=O) groups is 3. The lowest BCUT2D eigenvalue weighted by Crippen LogP contribution is -2.21. The maximum absolute atomic E-state index is 11.1. The quantitative estimate of drug-likeness (QED) is 0.450. The number of phosphoric acid groups is 1. The van der Waals surface area contributed by atoms with Crippen LogP contribution in [0.15, 0.2) is 0 Å². The summed E-state index contributed by atoms with van der Waals surface area (Å²) >= 11 is 0. The van der Waals surface area contributed by atoms with Crippen LogP contribution in [0.1, 0.15) is 19.3 Å². The highest BCUT2D eigenvalue weighted by molar-refractivity contribution is 7.46. The van der Waals surface area contributed by atoms with Gasteiger partial charge in [-0.2, -0.15) is 0 Å². The van der Waals surface area contributed by atoms with Crippen molar-refractivity contribution in [2.45, 2.75) is 19.3 Å². The smallest absolute Gasteiger partial charge is 0.481 e. The van der Waals surface area contributed by atoms with Gasteiger partial charge in [-0.25, -0.2) is 4.57 Å². The molecule has 0 spiro atoms. The first kappa shape index (κ1) is 15.6. The Labute approximate surface area is 95.3 Å². The molecule has 0 aromatic carbocycles. The molecule has 0 saturated heterocycles. The van der Waals surface area contributed by atoms with E-state index in [0.717, 1.165) is 0 Å². The highest BCUT2D eigenvalue weighted by Crippen LogP contribution is 2.37. The van der Waals surface area contributed by atoms with Crippen LogP contribution >= 0.6 is 7.82 Å². The molecule has 1 unspecified atom stereocenters. The lowest BCUT2D eigenvalue weighted by atomic mass is 10.00. The normalized spacial score (nSPS) is 12.8. The van der Waals surface area contributed by atoms with Crippen LogP contribution < -0.4 is 0 Å². The lowest BCUT2D eigenvalue weighted by molar-refractivity contribution is -0.148. The Balaban J connectivity index is 4.55. The van der Waals surface area contributed by atoms with E-state index in [9.17, 15) is 18.9 Å². The second-order valence-electron chi connectivity index (χ2n) is 3.13. The zero-order valence-corrected chi connectivity index (χ0v) is 9.37. The molecule has 17 heavy (non-hydrogen) atoms. The van der Waals surface area contributed by atoms with E-state index in [1.807, 2.05) is 0 Å². The van der Waals surface area contributed by atoms with E-state index in [1.54, 1.807) is 0 Å². The molecule has 10 heteroatoms. The molecule has 0 radical (unpaired) electrons. The molecule has 0 rings (SSSR count). The average Bonchev–Trinajstić information content (AvgIpc) is 2.08. The van der Waals surface area contributed by atoms with Crippen molar-refractivity contribution in [3.8, 4) is 0 Å². The average molecular weight is 270 g/mol. The fraction of sp³-hybridized carbons (Fsp3) is 0.571. The van der Waals surface area contributed by atoms with Crippen molar-refractivity contribution in [3.05, 3.63) is 0 Å². The van der Waals surface area contributed by atoms with Gasteiger partial charge in [0, 0.05) is 6.42 Å². The van der Waals surface area contributed by atoms with Crippen molar-refractivity contribution < 1.29 is 43.5 Å². The Morgan fingerprint density at radius 3 is 2.00 bits per heavy atom. The first-order chi connectivity index (χ1) is 7.61. The number of rotatable bonds is 7. The number of carboxylic acid groups (broad SMARTS) is 2. The number of carboxylic acids is 2. The summed E-state index contributed by atoms with van der Waals surface area (Å²) < 4.78 is 14.1. The van der Waals surface area contributed by atoms with Crippen molar-refractivity contribution >= 4 is 25.7 Å². The van der Waals surface area contributed by atoms with Gasteiger partial charge in [-0.15, -0.1) is 0 Å². The van der Waals surface area contributed by atoms with E-state index in [-0.39, 0.29) is 6.42 Å². The van der Waals surface area contributed by atoms with Gasteiger partial charge in [-0.1, -0.05) is 0 Å². The summed E-state index contributed by atoms with van der Waals surface area (Å²) in [6.45, 7) is 0. The van der Waals surface area contributed by atoms with Crippen molar-refractivity contribution in [2.75, 3.05) is 0 Å². The van der Waals surface area contributed by atoms with Gasteiger partial charge in [0.15, 0.2) is 0 Å². The van der Waals surface area contributed by atoms with Crippen molar-refractivity contribution in [2.24, 2.45) is 5.92 Å². The largest absolute Gasteiger partial charge is 0.526 e. The van der Waals surface area contributed by atoms with E-state index in [2.05, 4.69) is 4.52 Å². The summed E-state index contributed by atoms with van der Waals surface area (Å²) in [5.41, 5.74) is 0. The summed E-state index contributed by atoms with van der Waals surface area (Å²) in [7, 11) is -5.06. The van der Waals surface area contributed by atoms with E-state index >= 15 is 0 Å². The number of phosphoric ester groups is 1. The van der Waals surface area contributed by atoms with Crippen LogP contribution in [0.3, 0.4) is 0 Å². The van der Waals surface area contributed by atoms with Gasteiger partial charge < -0.3 is 14.7 Å². The van der Waals surface area contributed by atoms with Crippen LogP contribution in [-0.2, 0) is 23.5 Å². The molecule has 0 heterocycles. The molecular weight excluding hydrogens is 259 g/mol. The van der Waals surface area contributed by atoms with Crippen molar-refractivity contribution in [1.29, 1.82) is 0 Å². The SMILES string of the molecule is O=C(O)CCC(CC(=O)O)C(=O)OP(=O)(O)O. The topological polar surface area (TPSA) is 158 Å². The Morgan fingerprint density at radius 1 is 1.12 bits per heavy atom. The van der Waals surface area contributed by atoms with Crippen LogP contribution in [-0.4, -0.2) is 37.9 Å². The minimum absolute atomic E-state index is 0.375. The zero-order chi connectivity index (χ0) is 13.6. The van der Waals surface area contributed by atoms with Gasteiger partial charge in [0.2, 0.25) is 0 Å². The third kappa shape index (κ3) is 8.38. The Kier molecular flexibility index (Phi) is 5.80. The van der Waals surface area contributed by atoms with E-state index in [1.165, 1.54) is 0 Å². The molecule has 0 aliphatic rings. The molecule has 9 nitrogen and oxygen atoms in total. The first-order valence-electron chi connectivity index (χ1n) is 4.34. The molecular formula is C7H11O9P. The zero-order valence-electron chi connectivity index (χ0n) is 8.48. The molecule has 0 aromatic heterocycles. The maximum Gasteiger partial charge on any atom is 0.526 e. The third-order valence-electron chi connectivity index (χ3n) is 1.67. The molecule has 0 saturated carbocycles. The molecule has 1 atom stereocenters. The second kappa shape index (κ2) is 6.33. The fourth-order valence-corrected chi connectivity index (χ4v) is 1.39. The van der Waals surface area contributed by atoms with Gasteiger partial charge >= 0.3 is 25.7 Å². The molecule has 0 amide bonds. The number of carbonyl (C=O) groups excluding carboxylic acids is 1. The summed E-state index contributed by atoms with van der Waals surface area (Å²) in [6, 6.07) is 0. The number of hydrogen-bond acceptors (Lipinski definition) is 5. The van der Waals surface area contributed by atoms with Crippen LogP contribution in [0.2, 0.25) is 0 Å². The molecule has 0 aliphatic heterocycles.